The van der Waals surface area contributed by atoms with Gasteiger partial charge in [0.25, 0.3) is 0 Å². The van der Waals surface area contributed by atoms with Crippen molar-refractivity contribution >= 4 is 17.9 Å². The van der Waals surface area contributed by atoms with Gasteiger partial charge in [0, 0.05) is 19.3 Å². The molecule has 0 aromatic heterocycles. The first-order chi connectivity index (χ1) is 39.0. The van der Waals surface area contributed by atoms with Crippen molar-refractivity contribution in [3.05, 3.63) is 170 Å². The summed E-state index contributed by atoms with van der Waals surface area (Å²) in [5.74, 6) is -0.968. The Balaban J connectivity index is 4.41. The van der Waals surface area contributed by atoms with Gasteiger partial charge in [0.1, 0.15) is 13.2 Å². The average Bonchev–Trinajstić information content (AvgIpc) is 3.45. The third kappa shape index (κ3) is 63.5. The van der Waals surface area contributed by atoms with E-state index in [-0.39, 0.29) is 31.1 Å². The van der Waals surface area contributed by atoms with E-state index in [1.54, 1.807) is 0 Å². The monoisotopic (exact) mass is 1090 g/mol. The fourth-order valence-electron chi connectivity index (χ4n) is 8.07. The Morgan fingerprint density at radius 3 is 0.722 bits per heavy atom. The summed E-state index contributed by atoms with van der Waals surface area (Å²) in [6, 6.07) is 0. The number of esters is 3. The molecule has 0 radical (unpaired) electrons. The summed E-state index contributed by atoms with van der Waals surface area (Å²) in [7, 11) is 0. The van der Waals surface area contributed by atoms with Crippen LogP contribution in [0.1, 0.15) is 252 Å². The van der Waals surface area contributed by atoms with Crippen molar-refractivity contribution in [2.24, 2.45) is 0 Å². The predicted octanol–water partition coefficient (Wildman–Crippen LogP) is 21.9. The number of hydrogen-bond acceptors (Lipinski definition) is 6. The zero-order chi connectivity index (χ0) is 57.1. The molecule has 0 aromatic carbocycles. The Bertz CT molecular complexity index is 1820. The molecule has 0 aliphatic carbocycles. The fourth-order valence-corrected chi connectivity index (χ4v) is 8.07. The molecule has 0 saturated heterocycles. The second kappa shape index (κ2) is 65.3. The van der Waals surface area contributed by atoms with E-state index in [0.29, 0.717) is 19.3 Å². The summed E-state index contributed by atoms with van der Waals surface area (Å²) >= 11 is 0. The third-order valence-corrected chi connectivity index (χ3v) is 12.7. The summed E-state index contributed by atoms with van der Waals surface area (Å²) in [5.41, 5.74) is 0. The minimum Gasteiger partial charge on any atom is -0.462 e. The van der Waals surface area contributed by atoms with Crippen LogP contribution in [0, 0.1) is 0 Å². The smallest absolute Gasteiger partial charge is 0.306 e. The number of hydrogen-bond donors (Lipinski definition) is 0. The van der Waals surface area contributed by atoms with Gasteiger partial charge in [-0.1, -0.05) is 255 Å². The minimum absolute atomic E-state index is 0.107. The van der Waals surface area contributed by atoms with Gasteiger partial charge < -0.3 is 14.2 Å². The SMILES string of the molecule is CC/C=C\C/C=C\C/C=C\C/C=C\C/C=C\C/C=C\C/C=C\CCCCCCCCCC(=O)OCC(COC(=O)CCCCC/C=C\C/C=C\C/C=C\CC)OC(=O)CCCCCCCC/C=C\C/C=C\C/C=C\C/C=C\CC. The number of carbonyl (C=O) groups excluding carboxylic acids is 3. The highest BCUT2D eigenvalue weighted by Gasteiger charge is 2.19. The maximum Gasteiger partial charge on any atom is 0.306 e. The van der Waals surface area contributed by atoms with E-state index < -0.39 is 6.10 Å². The molecule has 0 spiro atoms. The largest absolute Gasteiger partial charge is 0.462 e. The molecule has 442 valence electrons. The van der Waals surface area contributed by atoms with Gasteiger partial charge >= 0.3 is 17.9 Å². The molecule has 1 unspecified atom stereocenters. The van der Waals surface area contributed by atoms with E-state index in [1.807, 2.05) is 0 Å². The highest BCUT2D eigenvalue weighted by Crippen LogP contribution is 2.14. The molecule has 0 bridgehead atoms. The molecule has 0 amide bonds. The van der Waals surface area contributed by atoms with E-state index >= 15 is 0 Å². The summed E-state index contributed by atoms with van der Waals surface area (Å²) in [4.78, 5) is 38.3. The van der Waals surface area contributed by atoms with Gasteiger partial charge in [0.2, 0.25) is 0 Å². The summed E-state index contributed by atoms with van der Waals surface area (Å²) < 4.78 is 16.9. The summed E-state index contributed by atoms with van der Waals surface area (Å²) in [6.45, 7) is 6.24. The molecule has 0 aromatic rings. The molecule has 1 atom stereocenters. The highest BCUT2D eigenvalue weighted by molar-refractivity contribution is 5.71. The zero-order valence-corrected chi connectivity index (χ0v) is 50.6. The van der Waals surface area contributed by atoms with E-state index in [2.05, 4.69) is 191 Å². The molecule has 0 rings (SSSR count). The first-order valence-corrected chi connectivity index (χ1v) is 31.6. The van der Waals surface area contributed by atoms with Crippen LogP contribution in [0.5, 0.6) is 0 Å². The van der Waals surface area contributed by atoms with Gasteiger partial charge in [-0.15, -0.1) is 0 Å². The lowest BCUT2D eigenvalue weighted by Crippen LogP contribution is -2.30. The van der Waals surface area contributed by atoms with Crippen LogP contribution in [0.2, 0.25) is 0 Å². The Kier molecular flexibility index (Phi) is 61.0. The lowest BCUT2D eigenvalue weighted by Gasteiger charge is -2.18. The maximum absolute atomic E-state index is 12.9. The van der Waals surface area contributed by atoms with Crippen LogP contribution < -0.4 is 0 Å². The predicted molar refractivity (Wildman–Crippen MR) is 343 cm³/mol. The number of carbonyl (C=O) groups is 3. The molecule has 79 heavy (non-hydrogen) atoms. The van der Waals surface area contributed by atoms with Gasteiger partial charge in [-0.05, 0) is 148 Å². The van der Waals surface area contributed by atoms with Crippen molar-refractivity contribution in [1.82, 2.24) is 0 Å². The third-order valence-electron chi connectivity index (χ3n) is 12.7. The minimum atomic E-state index is -0.813. The van der Waals surface area contributed by atoms with E-state index in [9.17, 15) is 14.4 Å². The van der Waals surface area contributed by atoms with Crippen LogP contribution in [0.15, 0.2) is 170 Å². The maximum atomic E-state index is 12.9. The number of rotatable bonds is 55. The molecule has 0 heterocycles. The normalized spacial score (nSPS) is 13.3. The van der Waals surface area contributed by atoms with Gasteiger partial charge in [0.05, 0.1) is 0 Å². The number of unbranched alkanes of at least 4 members (excludes halogenated alkanes) is 16. The number of ether oxygens (including phenoxy) is 3. The summed E-state index contributed by atoms with van der Waals surface area (Å²) in [6.07, 6.45) is 96.4. The number of allylic oxidation sites excluding steroid dienone is 28. The molecule has 0 aliphatic heterocycles. The van der Waals surface area contributed by atoms with Crippen LogP contribution in [0.25, 0.3) is 0 Å². The molecule has 6 nitrogen and oxygen atoms in total. The molecule has 0 saturated carbocycles. The van der Waals surface area contributed by atoms with Crippen molar-refractivity contribution in [2.45, 2.75) is 258 Å². The van der Waals surface area contributed by atoms with E-state index in [1.165, 1.54) is 38.5 Å². The first-order valence-electron chi connectivity index (χ1n) is 31.6. The van der Waals surface area contributed by atoms with Crippen molar-refractivity contribution < 1.29 is 28.6 Å². The van der Waals surface area contributed by atoms with Gasteiger partial charge in [-0.25, -0.2) is 0 Å². The second-order valence-corrected chi connectivity index (χ2v) is 20.2. The molecule has 0 aliphatic rings. The van der Waals surface area contributed by atoms with Crippen LogP contribution in [-0.4, -0.2) is 37.2 Å². The molecular formula is C73H114O6. The lowest BCUT2D eigenvalue weighted by atomic mass is 10.1. The second-order valence-electron chi connectivity index (χ2n) is 20.2. The topological polar surface area (TPSA) is 78.9 Å². The molecule has 0 N–H and O–H groups in total. The Morgan fingerprint density at radius 1 is 0.253 bits per heavy atom. The fraction of sp³-hybridized carbons (Fsp3) is 0.575. The van der Waals surface area contributed by atoms with E-state index in [4.69, 9.17) is 14.2 Å². The van der Waals surface area contributed by atoms with Crippen molar-refractivity contribution in [2.75, 3.05) is 13.2 Å². The Labute approximate surface area is 485 Å². The van der Waals surface area contributed by atoms with Gasteiger partial charge in [-0.2, -0.15) is 0 Å². The van der Waals surface area contributed by atoms with Crippen LogP contribution in [-0.2, 0) is 28.6 Å². The highest BCUT2D eigenvalue weighted by atomic mass is 16.6. The Morgan fingerprint density at radius 2 is 0.456 bits per heavy atom. The first kappa shape index (κ1) is 73.8. The van der Waals surface area contributed by atoms with E-state index in [0.717, 1.165) is 173 Å². The standard InChI is InChI=1S/C73H114O6/c1-4-7-10-13-16-19-22-25-27-29-31-32-33-34-35-36-37-38-39-40-42-43-45-48-51-54-57-60-63-66-72(75)78-69-70(68-77-71(74)65-62-59-56-53-50-47-24-21-18-15-12-9-6-3)79-73(76)67-64-61-58-55-52-49-46-44-41-30-28-26-23-20-17-14-11-8-5-2/h7-12,16-21,25-28,31-32,34-35,37-38,40-42,44,47,50,70H,4-6,13-15,22-24,29-30,33,36,39,43,45-46,48-49,51-69H2,1-3H3/b10-7-,11-8-,12-9-,19-16-,20-17-,21-18-,27-25-,28-26-,32-31-,35-34-,38-37-,42-40-,44-41-,50-47-. The van der Waals surface area contributed by atoms with Crippen LogP contribution >= 0.6 is 0 Å². The van der Waals surface area contributed by atoms with Crippen LogP contribution in [0.4, 0.5) is 0 Å². The van der Waals surface area contributed by atoms with Crippen LogP contribution in [0.3, 0.4) is 0 Å². The van der Waals surface area contributed by atoms with Crippen molar-refractivity contribution in [3.8, 4) is 0 Å². The van der Waals surface area contributed by atoms with Gasteiger partial charge in [0.15, 0.2) is 6.10 Å². The summed E-state index contributed by atoms with van der Waals surface area (Å²) in [5, 5.41) is 0. The lowest BCUT2D eigenvalue weighted by molar-refractivity contribution is -0.167. The molecule has 0 fully saturated rings. The van der Waals surface area contributed by atoms with Crippen molar-refractivity contribution in [3.63, 3.8) is 0 Å². The zero-order valence-electron chi connectivity index (χ0n) is 50.6. The molecule has 6 heteroatoms. The average molecular weight is 1090 g/mol. The quantitative estimate of drug-likeness (QED) is 0.0261. The molecular weight excluding hydrogens is 973 g/mol. The van der Waals surface area contributed by atoms with Gasteiger partial charge in [-0.3, -0.25) is 14.4 Å². The van der Waals surface area contributed by atoms with Crippen molar-refractivity contribution in [1.29, 1.82) is 0 Å². The Hall–Kier alpha value is -5.23.